The fraction of sp³-hybridized carbons (Fsp3) is 0.0909. The zero-order valence-corrected chi connectivity index (χ0v) is 16.2. The summed E-state index contributed by atoms with van der Waals surface area (Å²) in [5.74, 6) is -1.61. The van der Waals surface area contributed by atoms with Crippen molar-refractivity contribution in [3.05, 3.63) is 76.4 Å². The van der Waals surface area contributed by atoms with E-state index in [4.69, 9.17) is 14.0 Å². The van der Waals surface area contributed by atoms with Crippen LogP contribution in [0.25, 0.3) is 22.1 Å². The van der Waals surface area contributed by atoms with E-state index >= 15 is 0 Å². The van der Waals surface area contributed by atoms with Crippen LogP contribution >= 0.6 is 0 Å². The molecule has 0 radical (unpaired) electrons. The molecular weight excluding hydrogens is 409 g/mol. The van der Waals surface area contributed by atoms with Gasteiger partial charge in [0.05, 0.1) is 10.9 Å². The van der Waals surface area contributed by atoms with E-state index in [-0.39, 0.29) is 16.8 Å². The molecule has 0 spiro atoms. The van der Waals surface area contributed by atoms with Crippen molar-refractivity contribution in [3.8, 4) is 28.6 Å². The number of fused-ring (bicyclic) bond motifs is 1. The maximum atomic E-state index is 13.2. The van der Waals surface area contributed by atoms with Gasteiger partial charge < -0.3 is 24.2 Å². The Morgan fingerprint density at radius 3 is 2.42 bits per heavy atom. The van der Waals surface area contributed by atoms with Gasteiger partial charge in [0.1, 0.15) is 22.9 Å². The lowest BCUT2D eigenvalue weighted by molar-refractivity contribution is -0.147. The molecule has 0 fully saturated rings. The Morgan fingerprint density at radius 1 is 1.06 bits per heavy atom. The van der Waals surface area contributed by atoms with Gasteiger partial charge in [-0.05, 0) is 36.8 Å². The van der Waals surface area contributed by atoms with Gasteiger partial charge >= 0.3 is 5.97 Å². The molecule has 0 bridgehead atoms. The van der Waals surface area contributed by atoms with Crippen LogP contribution < -0.4 is 15.0 Å². The third kappa shape index (κ3) is 3.93. The van der Waals surface area contributed by atoms with Crippen molar-refractivity contribution in [2.45, 2.75) is 6.92 Å². The van der Waals surface area contributed by atoms with Crippen LogP contribution in [-0.4, -0.2) is 27.5 Å². The SMILES string of the molecule is Cc1oc2cc(OCC(=O)On3c(O)ccc3O)ccc2c(=O)c1-c1ccc(F)cc1. The zero-order chi connectivity index (χ0) is 22.1. The number of aromatic hydroxyl groups is 2. The molecule has 0 saturated heterocycles. The third-order valence-electron chi connectivity index (χ3n) is 4.52. The second kappa shape index (κ2) is 7.86. The predicted molar refractivity (Wildman–Crippen MR) is 107 cm³/mol. The molecule has 8 nitrogen and oxygen atoms in total. The number of aryl methyl sites for hydroxylation is 1. The van der Waals surface area contributed by atoms with Crippen molar-refractivity contribution >= 4 is 16.9 Å². The normalized spacial score (nSPS) is 10.9. The van der Waals surface area contributed by atoms with Crippen molar-refractivity contribution in [2.75, 3.05) is 6.61 Å². The Balaban J connectivity index is 1.56. The smallest absolute Gasteiger partial charge is 0.370 e. The van der Waals surface area contributed by atoms with Gasteiger partial charge in [-0.1, -0.05) is 12.1 Å². The van der Waals surface area contributed by atoms with Crippen LogP contribution in [0.5, 0.6) is 17.5 Å². The summed E-state index contributed by atoms with van der Waals surface area (Å²) >= 11 is 0. The molecule has 0 saturated carbocycles. The van der Waals surface area contributed by atoms with Crippen molar-refractivity contribution in [3.63, 3.8) is 0 Å². The van der Waals surface area contributed by atoms with Crippen molar-refractivity contribution in [1.82, 2.24) is 4.73 Å². The van der Waals surface area contributed by atoms with Gasteiger partial charge in [0.15, 0.2) is 6.61 Å². The van der Waals surface area contributed by atoms with Crippen molar-refractivity contribution < 1.29 is 33.4 Å². The highest BCUT2D eigenvalue weighted by Crippen LogP contribution is 2.26. The predicted octanol–water partition coefficient (Wildman–Crippen LogP) is 3.15. The molecule has 0 aliphatic rings. The first kappa shape index (κ1) is 20.0. The van der Waals surface area contributed by atoms with E-state index in [1.54, 1.807) is 6.92 Å². The summed E-state index contributed by atoms with van der Waals surface area (Å²) in [6, 6.07) is 12.3. The van der Waals surface area contributed by atoms with E-state index in [0.717, 1.165) is 12.1 Å². The Bertz CT molecular complexity index is 1320. The molecule has 158 valence electrons. The van der Waals surface area contributed by atoms with Gasteiger partial charge in [-0.25, -0.2) is 9.18 Å². The topological polar surface area (TPSA) is 111 Å². The van der Waals surface area contributed by atoms with Crippen LogP contribution in [0.1, 0.15) is 5.76 Å². The molecule has 0 atom stereocenters. The van der Waals surface area contributed by atoms with Gasteiger partial charge in [0, 0.05) is 18.2 Å². The van der Waals surface area contributed by atoms with Gasteiger partial charge in [0.25, 0.3) is 0 Å². The number of carbonyl (C=O) groups is 1. The van der Waals surface area contributed by atoms with E-state index < -0.39 is 30.2 Å². The Labute approximate surface area is 174 Å². The third-order valence-corrected chi connectivity index (χ3v) is 4.52. The summed E-state index contributed by atoms with van der Waals surface area (Å²) in [5.41, 5.74) is 0.833. The highest BCUT2D eigenvalue weighted by Gasteiger charge is 2.16. The van der Waals surface area contributed by atoms with E-state index in [1.165, 1.54) is 42.5 Å². The number of nitrogens with zero attached hydrogens (tertiary/aromatic N) is 1. The van der Waals surface area contributed by atoms with E-state index in [0.29, 0.717) is 27.0 Å². The quantitative estimate of drug-likeness (QED) is 0.505. The lowest BCUT2D eigenvalue weighted by Gasteiger charge is -2.10. The summed E-state index contributed by atoms with van der Waals surface area (Å²) in [4.78, 5) is 29.6. The molecule has 2 aromatic heterocycles. The number of ether oxygens (including phenoxy) is 1. The van der Waals surface area contributed by atoms with Crippen LogP contribution in [0.2, 0.25) is 0 Å². The van der Waals surface area contributed by atoms with Gasteiger partial charge in [-0.3, -0.25) is 4.79 Å². The Hall–Kier alpha value is -4.27. The number of carbonyl (C=O) groups excluding carboxylic acids is 1. The lowest BCUT2D eigenvalue weighted by Crippen LogP contribution is -2.24. The standard InChI is InChI=1S/C22H16FNO7/c1-12-21(13-2-4-14(23)5-3-13)22(28)16-7-6-15(10-17(16)30-12)29-11-20(27)31-24-18(25)8-9-19(24)26/h2-10,25-26H,11H2,1H3. The van der Waals surface area contributed by atoms with Crippen molar-refractivity contribution in [1.29, 1.82) is 0 Å². The second-order valence-corrected chi connectivity index (χ2v) is 6.62. The van der Waals surface area contributed by atoms with Crippen LogP contribution in [0.4, 0.5) is 4.39 Å². The maximum absolute atomic E-state index is 13.2. The first-order valence-electron chi connectivity index (χ1n) is 9.10. The molecule has 0 aliphatic carbocycles. The van der Waals surface area contributed by atoms with E-state index in [9.17, 15) is 24.2 Å². The van der Waals surface area contributed by atoms with Crippen LogP contribution in [0.15, 0.2) is 63.8 Å². The number of benzene rings is 2. The highest BCUT2D eigenvalue weighted by atomic mass is 19.1. The zero-order valence-electron chi connectivity index (χ0n) is 16.2. The van der Waals surface area contributed by atoms with Crippen molar-refractivity contribution in [2.24, 2.45) is 0 Å². The first-order valence-corrected chi connectivity index (χ1v) is 9.10. The molecular formula is C22H16FNO7. The van der Waals surface area contributed by atoms with Gasteiger partial charge in [-0.15, -0.1) is 4.73 Å². The minimum atomic E-state index is -0.883. The summed E-state index contributed by atoms with van der Waals surface area (Å²) in [7, 11) is 0. The first-order chi connectivity index (χ1) is 14.8. The number of hydrogen-bond donors (Lipinski definition) is 2. The molecule has 2 heterocycles. The Kier molecular flexibility index (Phi) is 5.08. The minimum Gasteiger partial charge on any atom is -0.492 e. The lowest BCUT2D eigenvalue weighted by atomic mass is 10.0. The fourth-order valence-corrected chi connectivity index (χ4v) is 3.09. The molecule has 2 aromatic carbocycles. The van der Waals surface area contributed by atoms with Crippen LogP contribution in [0.3, 0.4) is 0 Å². The molecule has 4 aromatic rings. The average molecular weight is 425 g/mol. The molecule has 0 amide bonds. The largest absolute Gasteiger partial charge is 0.492 e. The Morgan fingerprint density at radius 2 is 1.74 bits per heavy atom. The fourth-order valence-electron chi connectivity index (χ4n) is 3.09. The molecule has 31 heavy (non-hydrogen) atoms. The summed E-state index contributed by atoms with van der Waals surface area (Å²) in [5, 5.41) is 19.3. The summed E-state index contributed by atoms with van der Waals surface area (Å²) in [6.45, 7) is 1.10. The number of halogens is 1. The highest BCUT2D eigenvalue weighted by molar-refractivity contribution is 5.84. The molecule has 4 rings (SSSR count). The summed E-state index contributed by atoms with van der Waals surface area (Å²) in [6.07, 6.45) is 0. The number of hydrogen-bond acceptors (Lipinski definition) is 7. The van der Waals surface area contributed by atoms with Gasteiger partial charge in [0.2, 0.25) is 17.2 Å². The van der Waals surface area contributed by atoms with Gasteiger partial charge in [-0.2, -0.15) is 0 Å². The molecule has 0 unspecified atom stereocenters. The van der Waals surface area contributed by atoms with Crippen LogP contribution in [0, 0.1) is 12.7 Å². The minimum absolute atomic E-state index is 0.238. The van der Waals surface area contributed by atoms with E-state index in [1.807, 2.05) is 0 Å². The number of aromatic nitrogens is 1. The monoisotopic (exact) mass is 425 g/mol. The van der Waals surface area contributed by atoms with E-state index in [2.05, 4.69) is 0 Å². The second-order valence-electron chi connectivity index (χ2n) is 6.62. The van der Waals surface area contributed by atoms with Crippen LogP contribution in [-0.2, 0) is 4.79 Å². The maximum Gasteiger partial charge on any atom is 0.370 e. The number of rotatable bonds is 5. The molecule has 0 aliphatic heterocycles. The molecule has 9 heteroatoms. The molecule has 2 N–H and O–H groups in total. The average Bonchev–Trinajstić information content (AvgIpc) is 3.05. The summed E-state index contributed by atoms with van der Waals surface area (Å²) < 4.78 is 24.9.